The highest BCUT2D eigenvalue weighted by Gasteiger charge is 2.16. The molecule has 0 fully saturated rings. The van der Waals surface area contributed by atoms with Gasteiger partial charge in [-0.1, -0.05) is 5.11 Å². The van der Waals surface area contributed by atoms with Gasteiger partial charge in [0, 0.05) is 4.91 Å². The fourth-order valence-electron chi connectivity index (χ4n) is 0.883. The van der Waals surface area contributed by atoms with Crippen LogP contribution in [-0.2, 0) is 0 Å². The van der Waals surface area contributed by atoms with E-state index in [1.54, 1.807) is 0 Å². The van der Waals surface area contributed by atoms with E-state index in [1.165, 1.54) is 0 Å². The molecular weight excluding hydrogens is 260 g/mol. The molecule has 1 aromatic carbocycles. The molecule has 0 amide bonds. The topological polar surface area (TPSA) is 58.0 Å². The average Bonchev–Trinajstić information content (AvgIpc) is 2.16. The molecule has 7 heteroatoms. The molecule has 0 aromatic heterocycles. The lowest BCUT2D eigenvalue weighted by Gasteiger charge is -2.06. The van der Waals surface area contributed by atoms with Crippen molar-refractivity contribution in [3.05, 3.63) is 32.6 Å². The zero-order valence-electron chi connectivity index (χ0n) is 6.96. The van der Waals surface area contributed by atoms with E-state index in [0.29, 0.717) is 0 Å². The van der Waals surface area contributed by atoms with Crippen LogP contribution in [0.4, 0.5) is 14.5 Å². The van der Waals surface area contributed by atoms with Crippen LogP contribution in [0, 0.1) is 11.6 Å². The smallest absolute Gasteiger partial charge is 0.202 e. The van der Waals surface area contributed by atoms with Crippen LogP contribution in [0.2, 0.25) is 0 Å². The van der Waals surface area contributed by atoms with E-state index in [0.717, 1.165) is 13.2 Å². The average molecular weight is 264 g/mol. The summed E-state index contributed by atoms with van der Waals surface area (Å²) in [6.07, 6.45) is 0. The van der Waals surface area contributed by atoms with Crippen molar-refractivity contribution in [2.24, 2.45) is 5.11 Å². The Morgan fingerprint density at radius 1 is 1.50 bits per heavy atom. The van der Waals surface area contributed by atoms with E-state index in [-0.39, 0.29) is 10.2 Å². The molecule has 0 atom stereocenters. The Balaban J connectivity index is 3.50. The van der Waals surface area contributed by atoms with Gasteiger partial charge in [0.1, 0.15) is 0 Å². The van der Waals surface area contributed by atoms with Crippen molar-refractivity contribution in [3.8, 4) is 5.75 Å². The Morgan fingerprint density at radius 2 is 2.14 bits per heavy atom. The number of rotatable bonds is 2. The highest BCUT2D eigenvalue weighted by molar-refractivity contribution is 9.10. The highest BCUT2D eigenvalue weighted by atomic mass is 79.9. The maximum Gasteiger partial charge on any atom is 0.202 e. The number of methoxy groups -OCH3 is 1. The normalized spacial score (nSPS) is 9.43. The number of halogens is 3. The van der Waals surface area contributed by atoms with Gasteiger partial charge in [-0.3, -0.25) is 0 Å². The van der Waals surface area contributed by atoms with E-state index in [1.807, 2.05) is 0 Å². The lowest BCUT2D eigenvalue weighted by molar-refractivity contribution is 0.372. The second-order valence-corrected chi connectivity index (χ2v) is 3.08. The Labute approximate surface area is 86.2 Å². The maximum atomic E-state index is 13.1. The molecule has 0 radical (unpaired) electrons. The summed E-state index contributed by atoms with van der Waals surface area (Å²) in [5.74, 6) is -2.69. The second kappa shape index (κ2) is 4.26. The zero-order chi connectivity index (χ0) is 10.7. The number of ether oxygens (including phenoxy) is 1. The molecule has 0 spiro atoms. The summed E-state index contributed by atoms with van der Waals surface area (Å²) in [5, 5.41) is 3.16. The predicted octanol–water partition coefficient (Wildman–Crippen LogP) is 3.68. The highest BCUT2D eigenvalue weighted by Crippen LogP contribution is 2.36. The molecule has 0 aliphatic carbocycles. The van der Waals surface area contributed by atoms with Crippen molar-refractivity contribution in [2.45, 2.75) is 0 Å². The molecule has 0 saturated carbocycles. The molecule has 0 heterocycles. The van der Waals surface area contributed by atoms with Gasteiger partial charge in [0.05, 0.1) is 17.3 Å². The number of azide groups is 1. The molecule has 0 unspecified atom stereocenters. The lowest BCUT2D eigenvalue weighted by Crippen LogP contribution is -1.93. The number of hydrogen-bond donors (Lipinski definition) is 0. The van der Waals surface area contributed by atoms with Crippen molar-refractivity contribution in [1.82, 2.24) is 0 Å². The van der Waals surface area contributed by atoms with E-state index < -0.39 is 17.4 Å². The van der Waals surface area contributed by atoms with Gasteiger partial charge in [0.25, 0.3) is 0 Å². The van der Waals surface area contributed by atoms with Gasteiger partial charge < -0.3 is 4.74 Å². The summed E-state index contributed by atoms with van der Waals surface area (Å²) < 4.78 is 30.5. The van der Waals surface area contributed by atoms with E-state index in [4.69, 9.17) is 5.53 Å². The second-order valence-electron chi connectivity index (χ2n) is 2.23. The summed E-state index contributed by atoms with van der Waals surface area (Å²) >= 11 is 2.78. The van der Waals surface area contributed by atoms with E-state index >= 15 is 0 Å². The van der Waals surface area contributed by atoms with Crippen LogP contribution in [0.1, 0.15) is 0 Å². The van der Waals surface area contributed by atoms with Gasteiger partial charge in [-0.2, -0.15) is 4.39 Å². The molecule has 0 N–H and O–H groups in total. The van der Waals surface area contributed by atoms with Crippen LogP contribution in [0.15, 0.2) is 15.7 Å². The minimum atomic E-state index is -1.19. The van der Waals surface area contributed by atoms with Crippen LogP contribution in [0.3, 0.4) is 0 Å². The van der Waals surface area contributed by atoms with E-state index in [2.05, 4.69) is 30.7 Å². The van der Waals surface area contributed by atoms with Crippen molar-refractivity contribution >= 4 is 21.6 Å². The van der Waals surface area contributed by atoms with Gasteiger partial charge in [0.2, 0.25) is 5.82 Å². The molecule has 0 bridgehead atoms. The van der Waals surface area contributed by atoms with Gasteiger partial charge in [-0.25, -0.2) is 4.39 Å². The summed E-state index contributed by atoms with van der Waals surface area (Å²) in [4.78, 5) is 2.46. The molecule has 0 aliphatic heterocycles. The quantitative estimate of drug-likeness (QED) is 0.348. The zero-order valence-corrected chi connectivity index (χ0v) is 8.55. The third kappa shape index (κ3) is 1.78. The van der Waals surface area contributed by atoms with Gasteiger partial charge in [0.15, 0.2) is 11.6 Å². The summed E-state index contributed by atoms with van der Waals surface area (Å²) in [7, 11) is 1.15. The van der Waals surface area contributed by atoms with Crippen molar-refractivity contribution in [2.75, 3.05) is 7.11 Å². The van der Waals surface area contributed by atoms with Crippen LogP contribution < -0.4 is 4.74 Å². The largest absolute Gasteiger partial charge is 0.493 e. The fraction of sp³-hybridized carbons (Fsp3) is 0.143. The molecule has 1 aromatic rings. The Morgan fingerprint density at radius 3 is 2.64 bits per heavy atom. The standard InChI is InChI=1S/C7H4BrF2N3O/c1-14-7-4(12-13-11)2-3(8)5(9)6(7)10/h2H,1H3. The van der Waals surface area contributed by atoms with Crippen LogP contribution in [-0.4, -0.2) is 7.11 Å². The Kier molecular flexibility index (Phi) is 3.27. The van der Waals surface area contributed by atoms with Gasteiger partial charge >= 0.3 is 0 Å². The van der Waals surface area contributed by atoms with Gasteiger partial charge in [-0.05, 0) is 27.5 Å². The molecule has 0 saturated heterocycles. The first-order valence-corrected chi connectivity index (χ1v) is 4.17. The van der Waals surface area contributed by atoms with E-state index in [9.17, 15) is 8.78 Å². The first-order valence-electron chi connectivity index (χ1n) is 3.38. The number of benzene rings is 1. The van der Waals surface area contributed by atoms with Crippen LogP contribution in [0.5, 0.6) is 5.75 Å². The molecular formula is C7H4BrF2N3O. The SMILES string of the molecule is COc1c(N=[N+]=[N-])cc(Br)c(F)c1F. The van der Waals surface area contributed by atoms with Crippen LogP contribution in [0.25, 0.3) is 10.4 Å². The van der Waals surface area contributed by atoms with Crippen molar-refractivity contribution in [3.63, 3.8) is 0 Å². The summed E-state index contributed by atoms with van der Waals surface area (Å²) in [5.41, 5.74) is 8.05. The fourth-order valence-corrected chi connectivity index (χ4v) is 1.27. The molecule has 1 rings (SSSR count). The van der Waals surface area contributed by atoms with Crippen LogP contribution >= 0.6 is 15.9 Å². The molecule has 4 nitrogen and oxygen atoms in total. The number of nitrogens with zero attached hydrogens (tertiary/aromatic N) is 3. The first-order chi connectivity index (χ1) is 6.61. The van der Waals surface area contributed by atoms with Gasteiger partial charge in [-0.15, -0.1) is 0 Å². The van der Waals surface area contributed by atoms with Crippen molar-refractivity contribution < 1.29 is 13.5 Å². The minimum absolute atomic E-state index is 0.110. The third-order valence-electron chi connectivity index (χ3n) is 1.45. The summed E-state index contributed by atoms with van der Waals surface area (Å²) in [6.45, 7) is 0. The molecule has 0 aliphatic rings. The number of hydrogen-bond acceptors (Lipinski definition) is 2. The Hall–Kier alpha value is -1.33. The Bertz CT molecular complexity index is 418. The lowest BCUT2D eigenvalue weighted by atomic mass is 10.3. The maximum absolute atomic E-state index is 13.1. The third-order valence-corrected chi connectivity index (χ3v) is 2.03. The minimum Gasteiger partial charge on any atom is -0.493 e. The molecule has 14 heavy (non-hydrogen) atoms. The monoisotopic (exact) mass is 263 g/mol. The van der Waals surface area contributed by atoms with Crippen molar-refractivity contribution in [1.29, 1.82) is 0 Å². The molecule has 74 valence electrons. The summed E-state index contributed by atoms with van der Waals surface area (Å²) in [6, 6.07) is 1.14. The predicted molar refractivity (Wildman–Crippen MR) is 49.4 cm³/mol. The first kappa shape index (κ1) is 10.7.